The van der Waals surface area contributed by atoms with Gasteiger partial charge in [-0.05, 0) is 23.3 Å². The lowest BCUT2D eigenvalue weighted by molar-refractivity contribution is 0.122. The molecule has 9 heteroatoms. The van der Waals surface area contributed by atoms with Crippen LogP contribution in [0.15, 0.2) is 36.7 Å². The predicted octanol–water partition coefficient (Wildman–Crippen LogP) is 1.15. The van der Waals surface area contributed by atoms with Gasteiger partial charge in [0.1, 0.15) is 11.6 Å². The zero-order valence-corrected chi connectivity index (χ0v) is 17.0. The molecule has 2 amide bonds. The van der Waals surface area contributed by atoms with Crippen LogP contribution in [0.25, 0.3) is 0 Å². The highest BCUT2D eigenvalue weighted by Crippen LogP contribution is 2.14. The summed E-state index contributed by atoms with van der Waals surface area (Å²) in [6, 6.07) is 7.74. The van der Waals surface area contributed by atoms with E-state index in [9.17, 15) is 4.79 Å². The molecular weight excluding hydrogens is 384 g/mol. The summed E-state index contributed by atoms with van der Waals surface area (Å²) in [5.41, 5.74) is 1.91. The maximum Gasteiger partial charge on any atom is 0.315 e. The van der Waals surface area contributed by atoms with Crippen molar-refractivity contribution in [2.75, 3.05) is 62.4 Å². The Morgan fingerprint density at radius 3 is 1.57 bits per heavy atom. The molecule has 2 aliphatic rings. The molecule has 2 N–H and O–H groups in total. The Balaban J connectivity index is 1.19. The minimum Gasteiger partial charge on any atom is -0.378 e. The Morgan fingerprint density at radius 2 is 1.20 bits per heavy atom. The van der Waals surface area contributed by atoms with E-state index in [-0.39, 0.29) is 6.03 Å². The number of carbonyl (C=O) groups is 1. The summed E-state index contributed by atoms with van der Waals surface area (Å²) >= 11 is 0. The fourth-order valence-corrected chi connectivity index (χ4v) is 3.43. The van der Waals surface area contributed by atoms with Gasteiger partial charge in [0.05, 0.1) is 26.4 Å². The number of nitrogens with one attached hydrogen (secondary N) is 2. The van der Waals surface area contributed by atoms with Crippen molar-refractivity contribution in [1.82, 2.24) is 20.6 Å². The highest BCUT2D eigenvalue weighted by atomic mass is 16.5. The minimum atomic E-state index is -0.218. The maximum atomic E-state index is 12.1. The quantitative estimate of drug-likeness (QED) is 0.735. The molecule has 2 aromatic heterocycles. The zero-order chi connectivity index (χ0) is 20.6. The lowest BCUT2D eigenvalue weighted by atomic mass is 10.2. The van der Waals surface area contributed by atoms with Crippen molar-refractivity contribution >= 4 is 17.7 Å². The molecular formula is C21H28N6O3. The fourth-order valence-electron chi connectivity index (χ4n) is 3.43. The number of anilines is 2. The van der Waals surface area contributed by atoms with Gasteiger partial charge in [0.2, 0.25) is 0 Å². The fraction of sp³-hybridized carbons (Fsp3) is 0.476. The first-order valence-corrected chi connectivity index (χ1v) is 10.3. The van der Waals surface area contributed by atoms with E-state index in [1.807, 2.05) is 24.3 Å². The van der Waals surface area contributed by atoms with Crippen LogP contribution in [0.4, 0.5) is 16.4 Å². The van der Waals surface area contributed by atoms with Gasteiger partial charge < -0.3 is 29.9 Å². The average Bonchev–Trinajstić information content (AvgIpc) is 2.83. The number of carbonyl (C=O) groups excluding carboxylic acids is 1. The third-order valence-electron chi connectivity index (χ3n) is 5.19. The van der Waals surface area contributed by atoms with Crippen LogP contribution in [0.5, 0.6) is 0 Å². The molecule has 2 saturated heterocycles. The summed E-state index contributed by atoms with van der Waals surface area (Å²) in [4.78, 5) is 25.5. The van der Waals surface area contributed by atoms with Crippen molar-refractivity contribution in [1.29, 1.82) is 0 Å². The van der Waals surface area contributed by atoms with Gasteiger partial charge in [-0.2, -0.15) is 0 Å². The number of morpholine rings is 2. The summed E-state index contributed by atoms with van der Waals surface area (Å²) in [7, 11) is 0. The highest BCUT2D eigenvalue weighted by Gasteiger charge is 2.13. The van der Waals surface area contributed by atoms with Crippen molar-refractivity contribution in [2.24, 2.45) is 0 Å². The maximum absolute atomic E-state index is 12.1. The molecule has 160 valence electrons. The molecule has 2 fully saturated rings. The predicted molar refractivity (Wildman–Crippen MR) is 114 cm³/mol. The van der Waals surface area contributed by atoms with Crippen molar-refractivity contribution in [3.8, 4) is 0 Å². The second-order valence-corrected chi connectivity index (χ2v) is 7.28. The number of aromatic nitrogens is 2. The van der Waals surface area contributed by atoms with Gasteiger partial charge in [0.25, 0.3) is 0 Å². The van der Waals surface area contributed by atoms with Gasteiger partial charge >= 0.3 is 6.03 Å². The van der Waals surface area contributed by atoms with Crippen LogP contribution in [0.2, 0.25) is 0 Å². The summed E-state index contributed by atoms with van der Waals surface area (Å²) in [6.45, 7) is 7.21. The summed E-state index contributed by atoms with van der Waals surface area (Å²) in [5, 5.41) is 5.73. The van der Waals surface area contributed by atoms with Crippen LogP contribution < -0.4 is 20.4 Å². The van der Waals surface area contributed by atoms with Crippen LogP contribution >= 0.6 is 0 Å². The standard InChI is InChI=1S/C21H28N6O3/c28-21(24-15-17-1-3-19(22-13-17)26-5-9-29-10-6-26)25-16-18-2-4-20(23-14-18)27-7-11-30-12-8-27/h1-4,13-14H,5-12,15-16H2,(H2,24,25,28). The number of hydrogen-bond donors (Lipinski definition) is 2. The summed E-state index contributed by atoms with van der Waals surface area (Å²) in [5.74, 6) is 1.89. The second-order valence-electron chi connectivity index (χ2n) is 7.28. The van der Waals surface area contributed by atoms with Crippen molar-refractivity contribution < 1.29 is 14.3 Å². The van der Waals surface area contributed by atoms with E-state index >= 15 is 0 Å². The van der Waals surface area contributed by atoms with Crippen LogP contribution in [-0.4, -0.2) is 68.6 Å². The molecule has 0 bridgehead atoms. The summed E-state index contributed by atoms with van der Waals surface area (Å²) in [6.07, 6.45) is 3.61. The van der Waals surface area contributed by atoms with E-state index in [0.717, 1.165) is 75.4 Å². The molecule has 0 atom stereocenters. The smallest absolute Gasteiger partial charge is 0.315 e. The van der Waals surface area contributed by atoms with Crippen molar-refractivity contribution in [3.05, 3.63) is 47.8 Å². The number of rotatable bonds is 6. The van der Waals surface area contributed by atoms with Gasteiger partial charge in [-0.15, -0.1) is 0 Å². The van der Waals surface area contributed by atoms with Gasteiger partial charge in [-0.25, -0.2) is 14.8 Å². The minimum absolute atomic E-state index is 0.218. The first-order valence-electron chi connectivity index (χ1n) is 10.3. The number of nitrogens with zero attached hydrogens (tertiary/aromatic N) is 4. The van der Waals surface area contributed by atoms with Crippen LogP contribution in [-0.2, 0) is 22.6 Å². The monoisotopic (exact) mass is 412 g/mol. The Hall–Kier alpha value is -2.91. The van der Waals surface area contributed by atoms with Crippen molar-refractivity contribution in [2.45, 2.75) is 13.1 Å². The molecule has 30 heavy (non-hydrogen) atoms. The van der Waals surface area contributed by atoms with E-state index in [1.165, 1.54) is 0 Å². The first kappa shape index (κ1) is 20.4. The third-order valence-corrected chi connectivity index (χ3v) is 5.19. The first-order chi connectivity index (χ1) is 14.8. The number of urea groups is 1. The number of hydrogen-bond acceptors (Lipinski definition) is 7. The Labute approximate surface area is 176 Å². The molecule has 4 heterocycles. The average molecular weight is 412 g/mol. The summed E-state index contributed by atoms with van der Waals surface area (Å²) < 4.78 is 10.7. The molecule has 0 saturated carbocycles. The van der Waals surface area contributed by atoms with E-state index in [0.29, 0.717) is 13.1 Å². The highest BCUT2D eigenvalue weighted by molar-refractivity contribution is 5.73. The van der Waals surface area contributed by atoms with Crippen molar-refractivity contribution in [3.63, 3.8) is 0 Å². The van der Waals surface area contributed by atoms with Crippen LogP contribution in [0.3, 0.4) is 0 Å². The molecule has 0 aromatic carbocycles. The molecule has 4 rings (SSSR count). The molecule has 2 aromatic rings. The normalized spacial score (nSPS) is 16.9. The molecule has 0 spiro atoms. The van der Waals surface area contributed by atoms with Gasteiger partial charge in [0.15, 0.2) is 0 Å². The molecule has 0 unspecified atom stereocenters. The SMILES string of the molecule is O=C(NCc1ccc(N2CCOCC2)nc1)NCc1ccc(N2CCOCC2)nc1. The number of pyridine rings is 2. The molecule has 0 radical (unpaired) electrons. The van der Waals surface area contributed by atoms with E-state index in [4.69, 9.17) is 9.47 Å². The topological polar surface area (TPSA) is 91.9 Å². The van der Waals surface area contributed by atoms with Crippen LogP contribution in [0.1, 0.15) is 11.1 Å². The number of amides is 2. The van der Waals surface area contributed by atoms with E-state index in [1.54, 1.807) is 12.4 Å². The zero-order valence-electron chi connectivity index (χ0n) is 17.0. The second kappa shape index (κ2) is 10.2. The van der Waals surface area contributed by atoms with E-state index < -0.39 is 0 Å². The van der Waals surface area contributed by atoms with E-state index in [2.05, 4.69) is 30.4 Å². The molecule has 2 aliphatic heterocycles. The lowest BCUT2D eigenvalue weighted by Gasteiger charge is -2.27. The molecule has 0 aliphatic carbocycles. The Bertz CT molecular complexity index is 735. The number of ether oxygens (including phenoxy) is 2. The van der Waals surface area contributed by atoms with Crippen LogP contribution in [0, 0.1) is 0 Å². The van der Waals surface area contributed by atoms with Gasteiger partial charge in [0, 0.05) is 51.7 Å². The Kier molecular flexibility index (Phi) is 6.94. The third kappa shape index (κ3) is 5.58. The Morgan fingerprint density at radius 1 is 0.767 bits per heavy atom. The largest absolute Gasteiger partial charge is 0.378 e. The molecule has 9 nitrogen and oxygen atoms in total. The lowest BCUT2D eigenvalue weighted by Crippen LogP contribution is -2.37. The van der Waals surface area contributed by atoms with Gasteiger partial charge in [-0.1, -0.05) is 12.1 Å². The van der Waals surface area contributed by atoms with Gasteiger partial charge in [-0.3, -0.25) is 0 Å².